The molecule has 0 bridgehead atoms. The van der Waals surface area contributed by atoms with Gasteiger partial charge in [-0.3, -0.25) is 25.5 Å². The summed E-state index contributed by atoms with van der Waals surface area (Å²) in [6.07, 6.45) is 14.7. The lowest BCUT2D eigenvalue weighted by molar-refractivity contribution is 0.521. The summed E-state index contributed by atoms with van der Waals surface area (Å²) in [7, 11) is 0. The van der Waals surface area contributed by atoms with Crippen molar-refractivity contribution in [2.24, 2.45) is 0 Å². The first-order valence-electron chi connectivity index (χ1n) is 26.3. The Kier molecular flexibility index (Phi) is 18.1. The topological polar surface area (TPSA) is 272 Å². The Morgan fingerprint density at radius 1 is 0.338 bits per heavy atom. The Morgan fingerprint density at radius 2 is 0.750 bits per heavy atom. The van der Waals surface area contributed by atoms with E-state index in [-0.39, 0.29) is 21.7 Å². The van der Waals surface area contributed by atoms with Gasteiger partial charge in [0.05, 0.1) is 28.3 Å². The largest absolute Gasteiger partial charge is 0.282 e. The third-order valence-corrected chi connectivity index (χ3v) is 12.8. The van der Waals surface area contributed by atoms with Crippen molar-refractivity contribution < 1.29 is 0 Å². The molecular formula is C60H74N20. The number of H-pyrrole nitrogens is 5. The highest BCUT2D eigenvalue weighted by atomic mass is 15.2. The van der Waals surface area contributed by atoms with E-state index in [2.05, 4.69) is 198 Å². The standard InChI is InChI=1S/C15H22N4.C12H10N4.2C12H16N4.C9H10N4/c1-14(2,3)11-12(10-7-8-16-9-17-10)18-19-13(11)15(4,5)6;1-8-6-11(16-15-8)12-9-4-2-3-5-10(9)13-7-14-12;2*1-8-10(9-5-6-13-7-14-9)15-16-11(8)12(2,3)4;1-6-7(2)12-13-9(6)8-3-4-10-5-11-8/h7-9H,1-6H3,(H,18,19);2-7H,1H3,(H,15,16);2*5-7H,1-4H3,(H,15,16);3-5H,1-2H3,(H,12,13). The molecule has 5 N–H and O–H groups in total. The summed E-state index contributed by atoms with van der Waals surface area (Å²) in [4.78, 5) is 41.0. The molecule has 80 heavy (non-hydrogen) atoms. The minimum atomic E-state index is 0.00982. The molecule has 0 aliphatic heterocycles. The molecular weight excluding hydrogens is 1000 g/mol. The number of nitrogens with zero attached hydrogens (tertiary/aromatic N) is 15. The van der Waals surface area contributed by atoms with Gasteiger partial charge in [0.2, 0.25) is 0 Å². The summed E-state index contributed by atoms with van der Waals surface area (Å²) in [5, 5.41) is 37.9. The number of aromatic nitrogens is 20. The van der Waals surface area contributed by atoms with Crippen LogP contribution < -0.4 is 0 Å². The second-order valence-corrected chi connectivity index (χ2v) is 23.3. The molecule has 0 aliphatic rings. The van der Waals surface area contributed by atoms with Gasteiger partial charge in [0.1, 0.15) is 65.8 Å². The molecule has 0 saturated heterocycles. The highest BCUT2D eigenvalue weighted by molar-refractivity contribution is 5.91. The summed E-state index contributed by atoms with van der Waals surface area (Å²) >= 11 is 0. The van der Waals surface area contributed by atoms with E-state index in [9.17, 15) is 0 Å². The van der Waals surface area contributed by atoms with Gasteiger partial charge in [-0.25, -0.2) is 49.8 Å². The van der Waals surface area contributed by atoms with Crippen LogP contribution in [0.25, 0.3) is 67.8 Å². The van der Waals surface area contributed by atoms with Gasteiger partial charge in [-0.05, 0) is 82.0 Å². The highest BCUT2D eigenvalue weighted by Crippen LogP contribution is 2.38. The summed E-state index contributed by atoms with van der Waals surface area (Å²) < 4.78 is 0. The Labute approximate surface area is 467 Å². The van der Waals surface area contributed by atoms with Gasteiger partial charge in [-0.15, -0.1) is 0 Å². The number of rotatable bonds is 5. The first-order valence-corrected chi connectivity index (χ1v) is 26.3. The van der Waals surface area contributed by atoms with Crippen molar-refractivity contribution in [2.75, 3.05) is 0 Å². The van der Waals surface area contributed by atoms with Crippen LogP contribution in [0.3, 0.4) is 0 Å². The molecule has 20 nitrogen and oxygen atoms in total. The molecule has 11 aromatic rings. The lowest BCUT2D eigenvalue weighted by Gasteiger charge is -2.26. The second kappa shape index (κ2) is 24.7. The van der Waals surface area contributed by atoms with E-state index in [1.165, 1.54) is 17.6 Å². The first-order chi connectivity index (χ1) is 37.8. The molecule has 0 amide bonds. The van der Waals surface area contributed by atoms with E-state index >= 15 is 0 Å². The maximum absolute atomic E-state index is 4.50. The van der Waals surface area contributed by atoms with Crippen molar-refractivity contribution in [3.8, 4) is 56.9 Å². The van der Waals surface area contributed by atoms with Gasteiger partial charge >= 0.3 is 0 Å². The fraction of sp³-hybridized carbons (Fsp3) is 0.350. The minimum absolute atomic E-state index is 0.00982. The number of para-hydroxylation sites is 1. The third kappa shape index (κ3) is 14.3. The molecule has 0 spiro atoms. The van der Waals surface area contributed by atoms with E-state index in [1.54, 1.807) is 50.1 Å². The van der Waals surface area contributed by atoms with Crippen molar-refractivity contribution in [1.29, 1.82) is 0 Å². The summed E-state index contributed by atoms with van der Waals surface area (Å²) in [6.45, 7) is 36.3. The Morgan fingerprint density at radius 3 is 1.12 bits per heavy atom. The van der Waals surface area contributed by atoms with E-state index in [4.69, 9.17) is 0 Å². The van der Waals surface area contributed by atoms with Crippen LogP contribution in [0.5, 0.6) is 0 Å². The molecule has 0 fully saturated rings. The molecule has 0 atom stereocenters. The monoisotopic (exact) mass is 1070 g/mol. The van der Waals surface area contributed by atoms with Gasteiger partial charge in [0.25, 0.3) is 0 Å². The normalized spacial score (nSPS) is 11.6. The van der Waals surface area contributed by atoms with Gasteiger partial charge in [0.15, 0.2) is 0 Å². The molecule has 1 aromatic carbocycles. The second-order valence-electron chi connectivity index (χ2n) is 23.3. The van der Waals surface area contributed by atoms with E-state index in [0.29, 0.717) is 0 Å². The summed E-state index contributed by atoms with van der Waals surface area (Å²) in [5.41, 5.74) is 20.2. The predicted molar refractivity (Wildman–Crippen MR) is 314 cm³/mol. The smallest absolute Gasteiger partial charge is 0.116 e. The Bertz CT molecular complexity index is 3600. The molecule has 0 unspecified atom stereocenters. The maximum atomic E-state index is 4.50. The van der Waals surface area contributed by atoms with Crippen molar-refractivity contribution in [2.45, 2.75) is 139 Å². The van der Waals surface area contributed by atoms with Crippen LogP contribution in [-0.2, 0) is 21.7 Å². The van der Waals surface area contributed by atoms with Crippen LogP contribution in [0.2, 0.25) is 0 Å². The number of benzene rings is 1. The highest BCUT2D eigenvalue weighted by Gasteiger charge is 2.32. The lowest BCUT2D eigenvalue weighted by atomic mass is 9.78. The van der Waals surface area contributed by atoms with Crippen LogP contribution in [0.15, 0.2) is 111 Å². The summed E-state index contributed by atoms with van der Waals surface area (Å²) in [6, 6.07) is 17.4. The van der Waals surface area contributed by atoms with Crippen LogP contribution >= 0.6 is 0 Å². The number of aryl methyl sites for hydroxylation is 2. The van der Waals surface area contributed by atoms with Gasteiger partial charge < -0.3 is 0 Å². The minimum Gasteiger partial charge on any atom is -0.282 e. The van der Waals surface area contributed by atoms with Crippen LogP contribution in [0.4, 0.5) is 0 Å². The van der Waals surface area contributed by atoms with Crippen LogP contribution in [0, 0.1) is 34.6 Å². The number of hydrogen-bond acceptors (Lipinski definition) is 15. The molecule has 0 radical (unpaired) electrons. The molecule has 20 heteroatoms. The predicted octanol–water partition coefficient (Wildman–Crippen LogP) is 12.2. The fourth-order valence-electron chi connectivity index (χ4n) is 8.76. The number of hydrogen-bond donors (Lipinski definition) is 5. The number of nitrogens with one attached hydrogen (secondary N) is 5. The van der Waals surface area contributed by atoms with Gasteiger partial charge in [-0.2, -0.15) is 25.5 Å². The average Bonchev–Trinajstić information content (AvgIpc) is 4.31. The van der Waals surface area contributed by atoms with Crippen molar-refractivity contribution in [3.63, 3.8) is 0 Å². The van der Waals surface area contributed by atoms with E-state index in [0.717, 1.165) is 107 Å². The van der Waals surface area contributed by atoms with Crippen LogP contribution in [0.1, 0.15) is 134 Å². The molecule has 10 aromatic heterocycles. The van der Waals surface area contributed by atoms with Crippen molar-refractivity contribution >= 4 is 10.9 Å². The zero-order chi connectivity index (χ0) is 58.0. The molecule has 0 aliphatic carbocycles. The Balaban J connectivity index is 0.000000145. The zero-order valence-corrected chi connectivity index (χ0v) is 49.1. The van der Waals surface area contributed by atoms with Crippen molar-refractivity contribution in [1.82, 2.24) is 101 Å². The zero-order valence-electron chi connectivity index (χ0n) is 49.1. The molecule has 0 saturated carbocycles. The van der Waals surface area contributed by atoms with E-state index < -0.39 is 0 Å². The molecule has 10 heterocycles. The maximum Gasteiger partial charge on any atom is 0.116 e. The quantitative estimate of drug-likeness (QED) is 0.107. The summed E-state index contributed by atoms with van der Waals surface area (Å²) in [5.74, 6) is 0. The van der Waals surface area contributed by atoms with Gasteiger partial charge in [0, 0.05) is 91.6 Å². The van der Waals surface area contributed by atoms with Crippen LogP contribution in [-0.4, -0.2) is 101 Å². The van der Waals surface area contributed by atoms with Crippen molar-refractivity contribution in [3.05, 3.63) is 162 Å². The SMILES string of the molecule is CC(C)(C)c1[nH]nc(-c2ccncn2)c1C(C)(C)C.Cc1[nH]nc(-c2ccncn2)c1C.Cc1c(-c2ccncn2)n[nH]c1C(C)(C)C.Cc1c(-c2ccncn2)n[nH]c1C(C)(C)C.Cc1cc(-c2ncnc3ccccc23)n[nH]1. The number of aromatic amines is 5. The lowest BCUT2D eigenvalue weighted by Crippen LogP contribution is -2.21. The molecule has 11 rings (SSSR count). The van der Waals surface area contributed by atoms with Gasteiger partial charge in [-0.1, -0.05) is 101 Å². The third-order valence-electron chi connectivity index (χ3n) is 12.8. The first kappa shape index (κ1) is 58.6. The number of fused-ring (bicyclic) bond motifs is 1. The Hall–Kier alpha value is -9.07. The average molecular weight is 1080 g/mol. The fourth-order valence-corrected chi connectivity index (χ4v) is 8.76. The van der Waals surface area contributed by atoms with E-state index in [1.807, 2.05) is 75.4 Å². The molecule has 414 valence electrons.